The molecule has 0 saturated heterocycles. The van der Waals surface area contributed by atoms with Gasteiger partial charge in [-0.1, -0.05) is 5.16 Å². The Morgan fingerprint density at radius 2 is 1.74 bits per heavy atom. The van der Waals surface area contributed by atoms with Crippen molar-refractivity contribution in [3.05, 3.63) is 41.8 Å². The maximum atomic E-state index is 12.5. The second-order valence-corrected chi connectivity index (χ2v) is 7.37. The lowest BCUT2D eigenvalue weighted by Gasteiger charge is -2.08. The summed E-state index contributed by atoms with van der Waals surface area (Å²) in [6, 6.07) is 8.46. The average Bonchev–Trinajstić information content (AvgIpc) is 3.22. The van der Waals surface area contributed by atoms with Crippen LogP contribution in [-0.4, -0.2) is 30.6 Å². The molecule has 0 atom stereocenters. The van der Waals surface area contributed by atoms with Crippen LogP contribution in [0.4, 0.5) is 17.3 Å². The van der Waals surface area contributed by atoms with Crippen molar-refractivity contribution in [1.82, 2.24) is 15.4 Å². The van der Waals surface area contributed by atoms with Crippen LogP contribution in [0, 0.1) is 13.8 Å². The first-order valence-corrected chi connectivity index (χ1v) is 9.37. The Balaban J connectivity index is 1.49. The number of nitrogens with one attached hydrogen (secondary N) is 2. The quantitative estimate of drug-likeness (QED) is 0.675. The molecular weight excluding hydrogens is 374 g/mol. The van der Waals surface area contributed by atoms with Gasteiger partial charge >= 0.3 is 0 Å². The molecule has 11 heteroatoms. The van der Waals surface area contributed by atoms with Gasteiger partial charge in [0.05, 0.1) is 0 Å². The van der Waals surface area contributed by atoms with Crippen molar-refractivity contribution in [2.75, 3.05) is 16.8 Å². The minimum Gasteiger partial charge on any atom is -0.454 e. The molecule has 3 heterocycles. The van der Waals surface area contributed by atoms with Gasteiger partial charge < -0.3 is 19.3 Å². The van der Waals surface area contributed by atoms with Crippen molar-refractivity contribution in [3.8, 4) is 11.5 Å². The van der Waals surface area contributed by atoms with Gasteiger partial charge in [-0.25, -0.2) is 8.42 Å². The minimum absolute atomic E-state index is 0.00754. The van der Waals surface area contributed by atoms with E-state index in [2.05, 4.69) is 25.4 Å². The molecule has 2 N–H and O–H groups in total. The van der Waals surface area contributed by atoms with Crippen molar-refractivity contribution < 1.29 is 22.4 Å². The molecule has 140 valence electrons. The van der Waals surface area contributed by atoms with Gasteiger partial charge in [-0.2, -0.15) is 0 Å². The predicted octanol–water partition coefficient (Wildman–Crippen LogP) is 2.35. The fourth-order valence-electron chi connectivity index (χ4n) is 2.62. The van der Waals surface area contributed by atoms with Gasteiger partial charge in [0.25, 0.3) is 10.0 Å². The number of rotatable bonds is 5. The number of benzene rings is 1. The minimum atomic E-state index is -3.87. The predicted molar refractivity (Wildman–Crippen MR) is 94.7 cm³/mol. The average molecular weight is 389 g/mol. The van der Waals surface area contributed by atoms with Crippen molar-refractivity contribution in [1.29, 1.82) is 0 Å². The van der Waals surface area contributed by atoms with Crippen molar-refractivity contribution in [2.45, 2.75) is 18.7 Å². The standard InChI is InChI=1S/C16H15N5O5S/c1-9-16(10(2)26-20-9)27(22,23)21-15-6-5-14(18-19-15)17-11-3-4-12-13(7-11)25-8-24-12/h3-7H,8H2,1-2H3,(H,17,18)(H,19,21). The lowest BCUT2D eigenvalue weighted by molar-refractivity contribution is 0.174. The zero-order valence-electron chi connectivity index (χ0n) is 14.4. The SMILES string of the molecule is Cc1noc(C)c1S(=O)(=O)Nc1ccc(Nc2ccc3c(c2)OCO3)nn1. The third-order valence-electron chi connectivity index (χ3n) is 3.79. The zero-order chi connectivity index (χ0) is 19.0. The molecule has 1 aliphatic rings. The Morgan fingerprint density at radius 3 is 2.44 bits per heavy atom. The van der Waals surface area contributed by atoms with Crippen LogP contribution in [0.15, 0.2) is 39.8 Å². The summed E-state index contributed by atoms with van der Waals surface area (Å²) >= 11 is 0. The van der Waals surface area contributed by atoms with E-state index in [0.717, 1.165) is 5.69 Å². The summed E-state index contributed by atoms with van der Waals surface area (Å²) in [5.41, 5.74) is 1.01. The number of aryl methyl sites for hydroxylation is 2. The topological polar surface area (TPSA) is 128 Å². The molecule has 0 radical (unpaired) electrons. The van der Waals surface area contributed by atoms with Gasteiger partial charge in [-0.15, -0.1) is 10.2 Å². The Kier molecular flexibility index (Phi) is 4.07. The largest absolute Gasteiger partial charge is 0.454 e. The van der Waals surface area contributed by atoms with Gasteiger partial charge in [0.15, 0.2) is 33.8 Å². The van der Waals surface area contributed by atoms with Crippen LogP contribution in [0.3, 0.4) is 0 Å². The first-order chi connectivity index (χ1) is 12.9. The molecule has 0 spiro atoms. The van der Waals surface area contributed by atoms with Crippen LogP contribution in [0.25, 0.3) is 0 Å². The molecule has 0 bridgehead atoms. The van der Waals surface area contributed by atoms with E-state index in [1.165, 1.54) is 13.0 Å². The molecule has 2 aromatic heterocycles. The lowest BCUT2D eigenvalue weighted by Crippen LogP contribution is -2.15. The van der Waals surface area contributed by atoms with Crippen LogP contribution in [0.2, 0.25) is 0 Å². The van der Waals surface area contributed by atoms with Gasteiger partial charge in [0, 0.05) is 11.8 Å². The molecular formula is C16H15N5O5S. The van der Waals surface area contributed by atoms with E-state index in [4.69, 9.17) is 14.0 Å². The summed E-state index contributed by atoms with van der Waals surface area (Å²) in [5.74, 6) is 2.03. The van der Waals surface area contributed by atoms with Gasteiger partial charge in [0.2, 0.25) is 6.79 Å². The first kappa shape index (κ1) is 17.1. The Morgan fingerprint density at radius 1 is 1.00 bits per heavy atom. The van der Waals surface area contributed by atoms with Crippen LogP contribution >= 0.6 is 0 Å². The van der Waals surface area contributed by atoms with E-state index in [0.29, 0.717) is 17.3 Å². The maximum absolute atomic E-state index is 12.5. The summed E-state index contributed by atoms with van der Waals surface area (Å²) in [6.45, 7) is 3.27. The van der Waals surface area contributed by atoms with E-state index in [-0.39, 0.29) is 29.0 Å². The van der Waals surface area contributed by atoms with Crippen LogP contribution < -0.4 is 19.5 Å². The Labute approximate surface area is 154 Å². The number of nitrogens with zero attached hydrogens (tertiary/aromatic N) is 3. The molecule has 3 aromatic rings. The number of ether oxygens (including phenoxy) is 2. The van der Waals surface area contributed by atoms with Gasteiger partial charge in [-0.3, -0.25) is 4.72 Å². The molecule has 27 heavy (non-hydrogen) atoms. The number of hydrogen-bond acceptors (Lipinski definition) is 9. The summed E-state index contributed by atoms with van der Waals surface area (Å²) < 4.78 is 42.8. The molecule has 1 aliphatic heterocycles. The van der Waals surface area contributed by atoms with Gasteiger partial charge in [-0.05, 0) is 38.1 Å². The van der Waals surface area contributed by atoms with E-state index in [1.807, 2.05) is 6.07 Å². The molecule has 0 saturated carbocycles. The highest BCUT2D eigenvalue weighted by Gasteiger charge is 2.24. The van der Waals surface area contributed by atoms with Crippen LogP contribution in [0.5, 0.6) is 11.5 Å². The summed E-state index contributed by atoms with van der Waals surface area (Å²) in [7, 11) is -3.87. The molecule has 4 rings (SSSR count). The highest BCUT2D eigenvalue weighted by Crippen LogP contribution is 2.34. The highest BCUT2D eigenvalue weighted by atomic mass is 32.2. The Bertz CT molecular complexity index is 1080. The first-order valence-electron chi connectivity index (χ1n) is 7.88. The van der Waals surface area contributed by atoms with Crippen molar-refractivity contribution in [3.63, 3.8) is 0 Å². The lowest BCUT2D eigenvalue weighted by atomic mass is 10.3. The number of hydrogen-bond donors (Lipinski definition) is 2. The monoisotopic (exact) mass is 389 g/mol. The number of aromatic nitrogens is 3. The number of sulfonamides is 1. The molecule has 0 aliphatic carbocycles. The molecule has 0 fully saturated rings. The zero-order valence-corrected chi connectivity index (χ0v) is 15.2. The van der Waals surface area contributed by atoms with Crippen molar-refractivity contribution in [2.24, 2.45) is 0 Å². The van der Waals surface area contributed by atoms with E-state index in [9.17, 15) is 8.42 Å². The normalized spacial score (nSPS) is 12.8. The fraction of sp³-hybridized carbons (Fsp3) is 0.188. The summed E-state index contributed by atoms with van der Waals surface area (Å²) in [6.07, 6.45) is 0. The second kappa shape index (κ2) is 6.43. The third-order valence-corrected chi connectivity index (χ3v) is 5.38. The molecule has 1 aromatic carbocycles. The number of anilines is 3. The molecule has 0 unspecified atom stereocenters. The summed E-state index contributed by atoms with van der Waals surface area (Å²) in [4.78, 5) is -0.00754. The van der Waals surface area contributed by atoms with Crippen LogP contribution in [-0.2, 0) is 10.0 Å². The third kappa shape index (κ3) is 3.36. The fourth-order valence-corrected chi connectivity index (χ4v) is 3.95. The number of fused-ring (bicyclic) bond motifs is 1. The smallest absolute Gasteiger partial charge is 0.268 e. The van der Waals surface area contributed by atoms with E-state index in [1.54, 1.807) is 25.1 Å². The van der Waals surface area contributed by atoms with Crippen molar-refractivity contribution >= 4 is 27.3 Å². The Hall–Kier alpha value is -3.34. The van der Waals surface area contributed by atoms with Crippen LogP contribution in [0.1, 0.15) is 11.5 Å². The second-order valence-electron chi connectivity index (χ2n) is 5.76. The maximum Gasteiger partial charge on any atom is 0.268 e. The van der Waals surface area contributed by atoms with Gasteiger partial charge in [0.1, 0.15) is 5.69 Å². The van der Waals surface area contributed by atoms with E-state index >= 15 is 0 Å². The summed E-state index contributed by atoms with van der Waals surface area (Å²) in [5, 5.41) is 14.6. The highest BCUT2D eigenvalue weighted by molar-refractivity contribution is 7.92. The van der Waals surface area contributed by atoms with E-state index < -0.39 is 10.0 Å². The molecule has 0 amide bonds. The molecule has 10 nitrogen and oxygen atoms in total.